The third kappa shape index (κ3) is 11.3. The van der Waals surface area contributed by atoms with Gasteiger partial charge in [-0.25, -0.2) is 4.79 Å². The maximum Gasteiger partial charge on any atom is 0.349 e. The van der Waals surface area contributed by atoms with Crippen molar-refractivity contribution in [3.8, 4) is 6.07 Å². The highest BCUT2D eigenvalue weighted by Crippen LogP contribution is 2.26. The van der Waals surface area contributed by atoms with E-state index in [0.29, 0.717) is 30.4 Å². The number of esters is 1. The van der Waals surface area contributed by atoms with Crippen molar-refractivity contribution in [2.24, 2.45) is 5.92 Å². The Labute approximate surface area is 208 Å². The van der Waals surface area contributed by atoms with E-state index in [1.807, 2.05) is 51.1 Å². The molecule has 1 unspecified atom stereocenters. The monoisotopic (exact) mass is 463 g/mol. The second kappa shape index (κ2) is 18.6. The van der Waals surface area contributed by atoms with Gasteiger partial charge in [0.05, 0.1) is 6.61 Å². The van der Waals surface area contributed by atoms with Crippen LogP contribution in [0.4, 0.5) is 0 Å². The van der Waals surface area contributed by atoms with Crippen LogP contribution in [0, 0.1) is 17.2 Å². The summed E-state index contributed by atoms with van der Waals surface area (Å²) >= 11 is 0. The Kier molecular flexibility index (Phi) is 17.0. The lowest BCUT2D eigenvalue weighted by atomic mass is 9.94. The highest BCUT2D eigenvalue weighted by Gasteiger charge is 2.19. The van der Waals surface area contributed by atoms with Gasteiger partial charge in [-0.05, 0) is 48.3 Å². The van der Waals surface area contributed by atoms with Crippen LogP contribution in [0.25, 0.3) is 5.57 Å². The first-order chi connectivity index (χ1) is 16.4. The lowest BCUT2D eigenvalue weighted by molar-refractivity contribution is -0.139. The van der Waals surface area contributed by atoms with E-state index < -0.39 is 5.97 Å². The van der Waals surface area contributed by atoms with Crippen molar-refractivity contribution in [1.29, 1.82) is 5.26 Å². The topological polar surface area (TPSA) is 50.1 Å². The second-order valence-corrected chi connectivity index (χ2v) is 8.51. The molecule has 0 aliphatic carbocycles. The lowest BCUT2D eigenvalue weighted by Crippen LogP contribution is -2.16. The number of carbonyl (C=O) groups is 1. The van der Waals surface area contributed by atoms with E-state index in [1.54, 1.807) is 6.08 Å². The number of unbranched alkanes of at least 4 members (excludes halogenated alkanes) is 1. The van der Waals surface area contributed by atoms with Crippen LogP contribution in [0.1, 0.15) is 97.6 Å². The lowest BCUT2D eigenvalue weighted by Gasteiger charge is -2.16. The van der Waals surface area contributed by atoms with Crippen molar-refractivity contribution < 1.29 is 9.53 Å². The molecule has 34 heavy (non-hydrogen) atoms. The van der Waals surface area contributed by atoms with Gasteiger partial charge in [-0.2, -0.15) is 5.26 Å². The minimum absolute atomic E-state index is 0.0858. The normalized spacial score (nSPS) is 13.0. The molecule has 0 aliphatic heterocycles. The molecule has 1 atom stereocenters. The highest BCUT2D eigenvalue weighted by molar-refractivity contribution is 6.01. The Morgan fingerprint density at radius 2 is 1.82 bits per heavy atom. The van der Waals surface area contributed by atoms with Crippen LogP contribution < -0.4 is 0 Å². The van der Waals surface area contributed by atoms with Crippen LogP contribution in [0.3, 0.4) is 0 Å². The fourth-order valence-electron chi connectivity index (χ4n) is 3.44. The molecule has 0 radical (unpaired) electrons. The van der Waals surface area contributed by atoms with Gasteiger partial charge in [-0.15, -0.1) is 0 Å². The fraction of sp³-hybridized carbons (Fsp3) is 0.484. The summed E-state index contributed by atoms with van der Waals surface area (Å²) in [5.41, 5.74) is 3.92. The molecule has 3 heteroatoms. The van der Waals surface area contributed by atoms with Crippen LogP contribution >= 0.6 is 0 Å². The zero-order valence-electron chi connectivity index (χ0n) is 22.5. The zero-order valence-corrected chi connectivity index (χ0v) is 22.5. The SMILES string of the molecule is C=C/C=C(C)\C=C/C/C(=C(\C#N)C(=O)OCC(CC)CCCC)c1ccc(C(C)C)cc1.CC. The average Bonchev–Trinajstić information content (AvgIpc) is 2.85. The molecule has 0 heterocycles. The average molecular weight is 464 g/mol. The van der Waals surface area contributed by atoms with E-state index in [1.165, 1.54) is 5.56 Å². The number of nitrogens with zero attached hydrogens (tertiary/aromatic N) is 1. The standard InChI is InChI=1S/C29H39NO2.C2H6/c1-7-10-14-24(9-3)21-32-29(31)28(20-30)27(15-11-13-23(6)12-8-2)26-18-16-25(17-19-26)22(4)5;1-2/h8,11-13,16-19,22,24H,2,7,9-10,14-15,21H2,1,3-6H3;1-2H3/b13-11-,23-12-,28-27-;. The summed E-state index contributed by atoms with van der Waals surface area (Å²) in [6.45, 7) is 18.6. The Hall–Kier alpha value is -2.86. The summed E-state index contributed by atoms with van der Waals surface area (Å²) in [6.07, 6.45) is 12.3. The second-order valence-electron chi connectivity index (χ2n) is 8.51. The number of carbonyl (C=O) groups excluding carboxylic acids is 1. The first kappa shape index (κ1) is 31.1. The van der Waals surface area contributed by atoms with Gasteiger partial charge in [0.25, 0.3) is 0 Å². The minimum atomic E-state index is -0.530. The molecule has 0 N–H and O–H groups in total. The Bertz CT molecular complexity index is 864. The van der Waals surface area contributed by atoms with Gasteiger partial charge in [0.1, 0.15) is 11.6 Å². The molecule has 1 rings (SSSR count). The van der Waals surface area contributed by atoms with Crippen molar-refractivity contribution >= 4 is 11.5 Å². The van der Waals surface area contributed by atoms with Crippen molar-refractivity contribution in [2.75, 3.05) is 6.61 Å². The smallest absolute Gasteiger partial charge is 0.349 e. The van der Waals surface area contributed by atoms with Gasteiger partial charge in [-0.3, -0.25) is 0 Å². The summed E-state index contributed by atoms with van der Waals surface area (Å²) < 4.78 is 5.61. The van der Waals surface area contributed by atoms with E-state index in [9.17, 15) is 10.1 Å². The third-order valence-electron chi connectivity index (χ3n) is 5.62. The van der Waals surface area contributed by atoms with E-state index in [2.05, 4.69) is 52.5 Å². The summed E-state index contributed by atoms with van der Waals surface area (Å²) in [5, 5.41) is 9.87. The molecular weight excluding hydrogens is 418 g/mol. The molecule has 0 amide bonds. The molecule has 0 spiro atoms. The molecule has 0 aliphatic rings. The zero-order chi connectivity index (χ0) is 25.9. The molecular formula is C31H45NO2. The largest absolute Gasteiger partial charge is 0.461 e. The first-order valence-corrected chi connectivity index (χ1v) is 12.7. The van der Waals surface area contributed by atoms with Crippen molar-refractivity contribution in [3.63, 3.8) is 0 Å². The molecule has 0 bridgehead atoms. The van der Waals surface area contributed by atoms with Gasteiger partial charge in [-0.1, -0.05) is 122 Å². The molecule has 1 aromatic carbocycles. The summed E-state index contributed by atoms with van der Waals surface area (Å²) in [7, 11) is 0. The molecule has 0 aromatic heterocycles. The summed E-state index contributed by atoms with van der Waals surface area (Å²) in [6, 6.07) is 10.2. The fourth-order valence-corrected chi connectivity index (χ4v) is 3.44. The van der Waals surface area contributed by atoms with E-state index >= 15 is 0 Å². The quantitative estimate of drug-likeness (QED) is 0.127. The number of hydrogen-bond donors (Lipinski definition) is 0. The highest BCUT2D eigenvalue weighted by atomic mass is 16.5. The number of ether oxygens (including phenoxy) is 1. The van der Waals surface area contributed by atoms with Crippen molar-refractivity contribution in [3.05, 3.63) is 77.4 Å². The van der Waals surface area contributed by atoms with Gasteiger partial charge in [0, 0.05) is 0 Å². The minimum Gasteiger partial charge on any atom is -0.461 e. The van der Waals surface area contributed by atoms with Crippen LogP contribution in [-0.4, -0.2) is 12.6 Å². The first-order valence-electron chi connectivity index (χ1n) is 12.7. The van der Waals surface area contributed by atoms with Crippen LogP contribution in [0.2, 0.25) is 0 Å². The van der Waals surface area contributed by atoms with Crippen LogP contribution in [-0.2, 0) is 9.53 Å². The van der Waals surface area contributed by atoms with E-state index in [0.717, 1.165) is 36.8 Å². The predicted octanol–water partition coefficient (Wildman–Crippen LogP) is 8.95. The number of rotatable bonds is 13. The Morgan fingerprint density at radius 1 is 1.18 bits per heavy atom. The Morgan fingerprint density at radius 3 is 2.32 bits per heavy atom. The van der Waals surface area contributed by atoms with Gasteiger partial charge < -0.3 is 4.74 Å². The number of nitriles is 1. The molecule has 1 aromatic rings. The number of hydrogen-bond acceptors (Lipinski definition) is 3. The van der Waals surface area contributed by atoms with Gasteiger partial charge in [0.2, 0.25) is 0 Å². The maximum absolute atomic E-state index is 12.9. The third-order valence-corrected chi connectivity index (χ3v) is 5.62. The van der Waals surface area contributed by atoms with E-state index in [-0.39, 0.29) is 5.57 Å². The number of allylic oxidation sites excluding steroid dienone is 6. The number of benzene rings is 1. The van der Waals surface area contributed by atoms with Gasteiger partial charge in [0.15, 0.2) is 0 Å². The summed E-state index contributed by atoms with van der Waals surface area (Å²) in [5.74, 6) is 0.217. The molecule has 0 saturated heterocycles. The molecule has 0 saturated carbocycles. The van der Waals surface area contributed by atoms with Gasteiger partial charge >= 0.3 is 5.97 Å². The van der Waals surface area contributed by atoms with Crippen molar-refractivity contribution in [2.45, 2.75) is 86.5 Å². The van der Waals surface area contributed by atoms with Crippen LogP contribution in [0.15, 0.2) is 66.3 Å². The van der Waals surface area contributed by atoms with E-state index in [4.69, 9.17) is 4.74 Å². The maximum atomic E-state index is 12.9. The van der Waals surface area contributed by atoms with Crippen molar-refractivity contribution in [1.82, 2.24) is 0 Å². The molecule has 3 nitrogen and oxygen atoms in total. The van der Waals surface area contributed by atoms with Crippen LogP contribution in [0.5, 0.6) is 0 Å². The molecule has 0 fully saturated rings. The Balaban J connectivity index is 0.00000529. The predicted molar refractivity (Wildman–Crippen MR) is 146 cm³/mol. The summed E-state index contributed by atoms with van der Waals surface area (Å²) in [4.78, 5) is 12.9. The molecule has 186 valence electrons.